The Morgan fingerprint density at radius 2 is 1.60 bits per heavy atom. The Balaban J connectivity index is 1.43. The molecule has 0 atom stereocenters. The van der Waals surface area contributed by atoms with E-state index in [1.807, 2.05) is 24.3 Å². The standard InChI is InChI=1S/C23H16N2O5/c1-29-20-10-16-13-6-4-5-9-18(13)30-19(16)11-17(20)24-21(26)12-25-22(27)14-7-2-3-8-15(14)23(25)28/h2-11H,12H2,1H3,(H,24,26). The number of imide groups is 1. The van der Waals surface area contributed by atoms with Crippen LogP contribution in [0, 0.1) is 0 Å². The molecule has 5 rings (SSSR count). The van der Waals surface area contributed by atoms with Gasteiger partial charge < -0.3 is 14.5 Å². The van der Waals surface area contributed by atoms with E-state index in [4.69, 9.17) is 9.15 Å². The van der Waals surface area contributed by atoms with Crippen molar-refractivity contribution in [1.82, 2.24) is 4.90 Å². The molecular formula is C23H16N2O5. The van der Waals surface area contributed by atoms with Crippen LogP contribution in [-0.4, -0.2) is 36.3 Å². The fourth-order valence-electron chi connectivity index (χ4n) is 3.73. The Hall–Kier alpha value is -4.13. The van der Waals surface area contributed by atoms with Crippen molar-refractivity contribution in [2.45, 2.75) is 0 Å². The number of nitrogens with one attached hydrogen (secondary N) is 1. The molecule has 3 aromatic carbocycles. The fraction of sp³-hybridized carbons (Fsp3) is 0.0870. The van der Waals surface area contributed by atoms with Crippen molar-refractivity contribution in [2.24, 2.45) is 0 Å². The van der Waals surface area contributed by atoms with E-state index in [1.165, 1.54) is 7.11 Å². The average molecular weight is 400 g/mol. The van der Waals surface area contributed by atoms with E-state index < -0.39 is 24.3 Å². The third-order valence-corrected chi connectivity index (χ3v) is 5.15. The number of methoxy groups -OCH3 is 1. The Morgan fingerprint density at radius 1 is 0.933 bits per heavy atom. The number of furan rings is 1. The van der Waals surface area contributed by atoms with Crippen molar-refractivity contribution >= 4 is 45.3 Å². The quantitative estimate of drug-likeness (QED) is 0.526. The van der Waals surface area contributed by atoms with Gasteiger partial charge in [0, 0.05) is 16.8 Å². The number of carbonyl (C=O) groups excluding carboxylic acids is 3. The first kappa shape index (κ1) is 17.9. The molecule has 0 bridgehead atoms. The summed E-state index contributed by atoms with van der Waals surface area (Å²) in [4.78, 5) is 38.5. The van der Waals surface area contributed by atoms with Crippen molar-refractivity contribution in [3.8, 4) is 5.75 Å². The summed E-state index contributed by atoms with van der Waals surface area (Å²) >= 11 is 0. The number of hydrogen-bond donors (Lipinski definition) is 1. The Kier molecular flexibility index (Phi) is 4.03. The molecule has 0 fully saturated rings. The average Bonchev–Trinajstić information content (AvgIpc) is 3.23. The molecule has 1 N–H and O–H groups in total. The minimum absolute atomic E-state index is 0.302. The van der Waals surface area contributed by atoms with Gasteiger partial charge in [0.25, 0.3) is 11.8 Å². The number of para-hydroxylation sites is 1. The lowest BCUT2D eigenvalue weighted by molar-refractivity contribution is -0.116. The lowest BCUT2D eigenvalue weighted by Gasteiger charge is -2.15. The summed E-state index contributed by atoms with van der Waals surface area (Å²) in [7, 11) is 1.50. The number of benzene rings is 3. The number of anilines is 1. The molecule has 7 nitrogen and oxygen atoms in total. The van der Waals surface area contributed by atoms with E-state index in [0.717, 1.165) is 21.3 Å². The van der Waals surface area contributed by atoms with Gasteiger partial charge in [-0.25, -0.2) is 0 Å². The number of hydrogen-bond acceptors (Lipinski definition) is 5. The highest BCUT2D eigenvalue weighted by atomic mass is 16.5. The second-order valence-electron chi connectivity index (χ2n) is 6.94. The summed E-state index contributed by atoms with van der Waals surface area (Å²) in [6.07, 6.45) is 0. The van der Waals surface area contributed by atoms with Crippen molar-refractivity contribution in [3.63, 3.8) is 0 Å². The van der Waals surface area contributed by atoms with E-state index in [0.29, 0.717) is 28.1 Å². The Labute approximate surface area is 170 Å². The molecule has 30 heavy (non-hydrogen) atoms. The van der Waals surface area contributed by atoms with Crippen molar-refractivity contribution in [2.75, 3.05) is 19.0 Å². The first-order valence-corrected chi connectivity index (χ1v) is 9.31. The molecule has 1 aliphatic rings. The fourth-order valence-corrected chi connectivity index (χ4v) is 3.73. The van der Waals surface area contributed by atoms with Crippen LogP contribution in [-0.2, 0) is 4.79 Å². The van der Waals surface area contributed by atoms with E-state index in [9.17, 15) is 14.4 Å². The zero-order chi connectivity index (χ0) is 20.8. The van der Waals surface area contributed by atoms with E-state index in [2.05, 4.69) is 5.32 Å². The van der Waals surface area contributed by atoms with Gasteiger partial charge in [-0.15, -0.1) is 0 Å². The number of amides is 3. The zero-order valence-corrected chi connectivity index (χ0v) is 16.0. The van der Waals surface area contributed by atoms with Gasteiger partial charge in [-0.2, -0.15) is 0 Å². The predicted octanol–water partition coefficient (Wildman–Crippen LogP) is 3.83. The SMILES string of the molecule is COc1cc2c(cc1NC(=O)CN1C(=O)c3ccccc3C1=O)oc1ccccc12. The largest absolute Gasteiger partial charge is 0.495 e. The van der Waals surface area contributed by atoms with Crippen molar-refractivity contribution in [3.05, 3.63) is 71.8 Å². The molecule has 0 saturated heterocycles. The topological polar surface area (TPSA) is 88.9 Å². The highest BCUT2D eigenvalue weighted by Gasteiger charge is 2.36. The number of carbonyl (C=O) groups is 3. The zero-order valence-electron chi connectivity index (χ0n) is 16.0. The summed E-state index contributed by atoms with van der Waals surface area (Å²) in [5, 5.41) is 4.52. The van der Waals surface area contributed by atoms with Crippen LogP contribution in [0.2, 0.25) is 0 Å². The highest BCUT2D eigenvalue weighted by molar-refractivity contribution is 6.22. The van der Waals surface area contributed by atoms with Crippen LogP contribution in [0.15, 0.2) is 65.1 Å². The summed E-state index contributed by atoms with van der Waals surface area (Å²) in [6.45, 7) is -0.395. The smallest absolute Gasteiger partial charge is 0.262 e. The summed E-state index contributed by atoms with van der Waals surface area (Å²) in [5.41, 5.74) is 2.32. The molecule has 1 aromatic heterocycles. The van der Waals surface area contributed by atoms with Gasteiger partial charge in [-0.1, -0.05) is 30.3 Å². The molecule has 7 heteroatoms. The Morgan fingerprint density at radius 3 is 2.30 bits per heavy atom. The van der Waals surface area contributed by atoms with Crippen LogP contribution >= 0.6 is 0 Å². The maximum Gasteiger partial charge on any atom is 0.262 e. The normalized spacial score (nSPS) is 13.2. The second-order valence-corrected chi connectivity index (χ2v) is 6.94. The van der Waals surface area contributed by atoms with Crippen LogP contribution in [0.4, 0.5) is 5.69 Å². The molecule has 3 amide bonds. The number of ether oxygens (including phenoxy) is 1. The van der Waals surface area contributed by atoms with Crippen molar-refractivity contribution in [1.29, 1.82) is 0 Å². The first-order valence-electron chi connectivity index (χ1n) is 9.31. The van der Waals surface area contributed by atoms with Gasteiger partial charge in [-0.05, 0) is 24.3 Å². The molecule has 0 saturated carbocycles. The minimum atomic E-state index is -0.515. The maximum atomic E-state index is 12.6. The monoisotopic (exact) mass is 400 g/mol. The van der Waals surface area contributed by atoms with Crippen LogP contribution < -0.4 is 10.1 Å². The lowest BCUT2D eigenvalue weighted by Crippen LogP contribution is -2.37. The third kappa shape index (κ3) is 2.71. The van der Waals surface area contributed by atoms with Crippen LogP contribution in [0.25, 0.3) is 21.9 Å². The lowest BCUT2D eigenvalue weighted by atomic mass is 10.1. The molecule has 148 valence electrons. The van der Waals surface area contributed by atoms with Crippen LogP contribution in [0.3, 0.4) is 0 Å². The molecule has 0 spiro atoms. The summed E-state index contributed by atoms with van der Waals surface area (Å²) < 4.78 is 11.3. The molecule has 2 heterocycles. The number of fused-ring (bicyclic) bond motifs is 4. The van der Waals surface area contributed by atoms with Crippen molar-refractivity contribution < 1.29 is 23.5 Å². The Bertz CT molecular complexity index is 1320. The summed E-state index contributed by atoms with van der Waals surface area (Å²) in [5.74, 6) is -1.03. The van der Waals surface area contributed by atoms with E-state index >= 15 is 0 Å². The predicted molar refractivity (Wildman–Crippen MR) is 111 cm³/mol. The molecule has 4 aromatic rings. The van der Waals surface area contributed by atoms with Gasteiger partial charge in [0.2, 0.25) is 5.91 Å². The maximum absolute atomic E-state index is 12.6. The second kappa shape index (κ2) is 6.73. The molecular weight excluding hydrogens is 384 g/mol. The van der Waals surface area contributed by atoms with Gasteiger partial charge in [-0.3, -0.25) is 19.3 Å². The number of nitrogens with zero attached hydrogens (tertiary/aromatic N) is 1. The number of rotatable bonds is 4. The van der Waals surface area contributed by atoms with Gasteiger partial charge in [0.05, 0.1) is 23.9 Å². The van der Waals surface area contributed by atoms with Crippen LogP contribution in [0.1, 0.15) is 20.7 Å². The molecule has 1 aliphatic heterocycles. The van der Waals surface area contributed by atoms with Gasteiger partial charge in [0.15, 0.2) is 0 Å². The van der Waals surface area contributed by atoms with Gasteiger partial charge in [0.1, 0.15) is 23.5 Å². The summed E-state index contributed by atoms with van der Waals surface area (Å²) in [6, 6.07) is 17.6. The van der Waals surface area contributed by atoms with E-state index in [-0.39, 0.29) is 0 Å². The van der Waals surface area contributed by atoms with Gasteiger partial charge >= 0.3 is 0 Å². The van der Waals surface area contributed by atoms with E-state index in [1.54, 1.807) is 36.4 Å². The molecule has 0 aliphatic carbocycles. The minimum Gasteiger partial charge on any atom is -0.495 e. The van der Waals surface area contributed by atoms with Crippen LogP contribution in [0.5, 0.6) is 5.75 Å². The highest BCUT2D eigenvalue weighted by Crippen LogP contribution is 2.36. The molecule has 0 radical (unpaired) electrons. The third-order valence-electron chi connectivity index (χ3n) is 5.15. The first-order chi connectivity index (χ1) is 14.6. The molecule has 0 unspecified atom stereocenters.